The van der Waals surface area contributed by atoms with Crippen molar-refractivity contribution in [2.45, 2.75) is 129 Å². The summed E-state index contributed by atoms with van der Waals surface area (Å²) in [5, 5.41) is 5.47. The van der Waals surface area contributed by atoms with E-state index in [0.29, 0.717) is 17.6 Å². The average Bonchev–Trinajstić information content (AvgIpc) is 3.77. The summed E-state index contributed by atoms with van der Waals surface area (Å²) >= 11 is 0. The van der Waals surface area contributed by atoms with E-state index in [1.807, 2.05) is 0 Å². The van der Waals surface area contributed by atoms with Crippen LogP contribution in [0.25, 0.3) is 11.2 Å². The molecule has 3 aromatic rings. The minimum absolute atomic E-state index is 0.0369. The second-order valence-corrected chi connectivity index (χ2v) is 14.6. The molecule has 0 aliphatic carbocycles. The number of hydrogen-bond acceptors (Lipinski definition) is 12. The van der Waals surface area contributed by atoms with Gasteiger partial charge < -0.3 is 29.8 Å². The summed E-state index contributed by atoms with van der Waals surface area (Å²) in [6.45, 7) is 5.37. The summed E-state index contributed by atoms with van der Waals surface area (Å²) < 4.78 is 43.5. The van der Waals surface area contributed by atoms with E-state index < -0.39 is 32.3 Å². The van der Waals surface area contributed by atoms with Gasteiger partial charge in [0.25, 0.3) is 0 Å². The number of para-hydroxylation sites is 1. The molecule has 1 aromatic carbocycles. The highest BCUT2D eigenvalue weighted by Gasteiger charge is 2.36. The highest BCUT2D eigenvalue weighted by molar-refractivity contribution is 7.52. The highest BCUT2D eigenvalue weighted by Crippen LogP contribution is 2.45. The lowest BCUT2D eigenvalue weighted by molar-refractivity contribution is -0.144. The Morgan fingerprint density at radius 2 is 1.63 bits per heavy atom. The summed E-state index contributed by atoms with van der Waals surface area (Å²) in [6, 6.07) is 7.44. The van der Waals surface area contributed by atoms with E-state index >= 15 is 0 Å². The van der Waals surface area contributed by atoms with Crippen LogP contribution in [0.5, 0.6) is 5.75 Å². The van der Waals surface area contributed by atoms with Gasteiger partial charge in [0.2, 0.25) is 11.9 Å². The van der Waals surface area contributed by atoms with Crippen LogP contribution in [0.1, 0.15) is 117 Å². The van der Waals surface area contributed by atoms with Gasteiger partial charge in [-0.05, 0) is 32.4 Å². The second-order valence-electron chi connectivity index (χ2n) is 12.9. The van der Waals surface area contributed by atoms with Crippen LogP contribution in [-0.4, -0.2) is 63.5 Å². The molecule has 0 spiro atoms. The number of ether oxygens (including phenoxy) is 3. The lowest BCUT2D eigenvalue weighted by atomic mass is 10.0. The van der Waals surface area contributed by atoms with E-state index in [2.05, 4.69) is 32.3 Å². The molecule has 4 rings (SSSR count). The Kier molecular flexibility index (Phi) is 17.2. The number of nitrogen functional groups attached to an aromatic ring is 1. The maximum Gasteiger partial charge on any atom is 0.459 e. The Morgan fingerprint density at radius 1 is 0.981 bits per heavy atom. The molecule has 1 unspecified atom stereocenters. The third-order valence-corrected chi connectivity index (χ3v) is 10.2. The number of carbonyl (C=O) groups excluding carboxylic acids is 2. The van der Waals surface area contributed by atoms with Crippen LogP contribution in [0, 0.1) is 0 Å². The Balaban J connectivity index is 1.24. The van der Waals surface area contributed by atoms with Crippen LogP contribution in [-0.2, 0) is 32.9 Å². The summed E-state index contributed by atoms with van der Waals surface area (Å²) in [5.41, 5.74) is 6.73. The van der Waals surface area contributed by atoms with Crippen LogP contribution in [0.2, 0.25) is 0 Å². The average molecular weight is 746 g/mol. The molecule has 0 bridgehead atoms. The van der Waals surface area contributed by atoms with Gasteiger partial charge in [-0.15, -0.1) is 0 Å². The van der Waals surface area contributed by atoms with Crippen LogP contribution in [0.15, 0.2) is 36.7 Å². The molecule has 52 heavy (non-hydrogen) atoms. The van der Waals surface area contributed by atoms with Crippen molar-refractivity contribution in [1.29, 1.82) is 0 Å². The fourth-order valence-electron chi connectivity index (χ4n) is 5.83. The van der Waals surface area contributed by atoms with Crippen molar-refractivity contribution in [3.8, 4) is 5.75 Å². The van der Waals surface area contributed by atoms with E-state index in [4.69, 9.17) is 29.0 Å². The molecule has 1 amide bonds. The number of amides is 1. The number of imidazole rings is 1. The SMILES string of the molecule is CCCCCCCCCCCCCCCC(=O)Nc1nc(N)nc2c1ncn2[C@H]1CO[C@@H](COP(=O)(N[C@@H](C)C(=O)OCC)Oc2ccccc2)O1. The number of nitrogens with zero attached hydrogens (tertiary/aromatic N) is 4. The number of esters is 1. The van der Waals surface area contributed by atoms with E-state index in [-0.39, 0.29) is 43.2 Å². The molecule has 1 saturated heterocycles. The normalized spacial score (nSPS) is 17.5. The van der Waals surface area contributed by atoms with Gasteiger partial charge in [-0.2, -0.15) is 15.1 Å². The van der Waals surface area contributed by atoms with Crippen molar-refractivity contribution in [2.24, 2.45) is 0 Å². The smallest absolute Gasteiger partial charge is 0.459 e. The van der Waals surface area contributed by atoms with Crippen molar-refractivity contribution in [3.05, 3.63) is 36.7 Å². The quantitative estimate of drug-likeness (QED) is 0.0441. The first-order valence-electron chi connectivity index (χ1n) is 18.7. The summed E-state index contributed by atoms with van der Waals surface area (Å²) in [6.07, 6.45) is 16.3. The number of aromatic nitrogens is 4. The summed E-state index contributed by atoms with van der Waals surface area (Å²) in [7, 11) is -4.10. The van der Waals surface area contributed by atoms with Crippen molar-refractivity contribution < 1.29 is 37.4 Å². The van der Waals surface area contributed by atoms with Crippen molar-refractivity contribution in [1.82, 2.24) is 24.6 Å². The van der Waals surface area contributed by atoms with Crippen molar-refractivity contribution in [2.75, 3.05) is 30.9 Å². The van der Waals surface area contributed by atoms with E-state index in [0.717, 1.165) is 19.3 Å². The largest absolute Gasteiger partial charge is 0.465 e. The summed E-state index contributed by atoms with van der Waals surface area (Å²) in [4.78, 5) is 38.1. The zero-order chi connectivity index (χ0) is 37.2. The first-order chi connectivity index (χ1) is 25.2. The van der Waals surface area contributed by atoms with E-state index in [1.165, 1.54) is 77.5 Å². The van der Waals surface area contributed by atoms with Gasteiger partial charge in [-0.3, -0.25) is 18.7 Å². The van der Waals surface area contributed by atoms with Gasteiger partial charge >= 0.3 is 13.7 Å². The standard InChI is InChI=1S/C36H56N7O8P/c1-4-6-7-8-9-10-11-12-13-14-15-16-20-23-29(44)39-33-32-34(41-36(37)40-33)43(26-38-32)30-24-48-31(50-30)25-49-52(46,42-27(3)35(45)47-5-2)51-28-21-18-17-19-22-28/h17-19,21-22,26-27,30-31H,4-16,20,23-25H2,1-3H3,(H,42,46)(H3,37,39,40,41,44)/t27-,30+,31+,52?/m0/s1. The molecule has 0 radical (unpaired) electrons. The van der Waals surface area contributed by atoms with Crippen molar-refractivity contribution in [3.63, 3.8) is 0 Å². The molecule has 2 aromatic heterocycles. The molecular weight excluding hydrogens is 689 g/mol. The number of carbonyl (C=O) groups is 2. The molecule has 4 N–H and O–H groups in total. The third kappa shape index (κ3) is 13.4. The zero-order valence-corrected chi connectivity index (χ0v) is 31.7. The molecule has 1 aliphatic rings. The van der Waals surface area contributed by atoms with E-state index in [9.17, 15) is 14.2 Å². The molecule has 16 heteroatoms. The van der Waals surface area contributed by atoms with Gasteiger partial charge in [0.15, 0.2) is 29.5 Å². The molecule has 0 saturated carbocycles. The Bertz CT molecular complexity index is 1580. The third-order valence-electron chi connectivity index (χ3n) is 8.59. The van der Waals surface area contributed by atoms with Crippen molar-refractivity contribution >= 4 is 42.6 Å². The Hall–Kier alpha value is -3.62. The summed E-state index contributed by atoms with van der Waals surface area (Å²) in [5.74, 6) is -0.317. The Morgan fingerprint density at radius 3 is 2.29 bits per heavy atom. The van der Waals surface area contributed by atoms with Gasteiger partial charge in [0.05, 0.1) is 19.5 Å². The first kappa shape index (κ1) is 41.1. The lowest BCUT2D eigenvalue weighted by Crippen LogP contribution is -2.35. The van der Waals surface area contributed by atoms with Gasteiger partial charge in [-0.1, -0.05) is 102 Å². The zero-order valence-electron chi connectivity index (χ0n) is 30.8. The molecule has 288 valence electrons. The predicted molar refractivity (Wildman–Crippen MR) is 198 cm³/mol. The number of anilines is 2. The van der Waals surface area contributed by atoms with E-state index in [1.54, 1.807) is 41.8 Å². The predicted octanol–water partition coefficient (Wildman–Crippen LogP) is 7.44. The second kappa shape index (κ2) is 21.8. The number of hydrogen-bond donors (Lipinski definition) is 3. The molecule has 4 atom stereocenters. The maximum atomic E-state index is 13.7. The molecule has 1 fully saturated rings. The number of unbranched alkanes of at least 4 members (excludes halogenated alkanes) is 12. The molecule has 15 nitrogen and oxygen atoms in total. The topological polar surface area (TPSA) is 191 Å². The number of nitrogens with two attached hydrogens (primary N) is 1. The number of fused-ring (bicyclic) bond motifs is 1. The fourth-order valence-corrected chi connectivity index (χ4v) is 7.31. The minimum Gasteiger partial charge on any atom is -0.465 e. The lowest BCUT2D eigenvalue weighted by Gasteiger charge is -2.23. The highest BCUT2D eigenvalue weighted by atomic mass is 31.2. The monoisotopic (exact) mass is 745 g/mol. The minimum atomic E-state index is -4.10. The number of benzene rings is 1. The first-order valence-corrected chi connectivity index (χ1v) is 20.3. The maximum absolute atomic E-state index is 13.7. The Labute approximate surface area is 306 Å². The van der Waals surface area contributed by atoms with Gasteiger partial charge in [0, 0.05) is 6.42 Å². The van der Waals surface area contributed by atoms with Crippen LogP contribution < -0.4 is 20.7 Å². The van der Waals surface area contributed by atoms with Crippen LogP contribution >= 0.6 is 7.75 Å². The fraction of sp³-hybridized carbons (Fsp3) is 0.639. The molecular formula is C36H56N7O8P. The van der Waals surface area contributed by atoms with Crippen LogP contribution in [0.3, 0.4) is 0 Å². The van der Waals surface area contributed by atoms with Gasteiger partial charge in [-0.25, -0.2) is 9.55 Å². The molecule has 1 aliphatic heterocycles. The number of rotatable bonds is 25. The number of nitrogens with one attached hydrogen (secondary N) is 2. The van der Waals surface area contributed by atoms with Crippen LogP contribution in [0.4, 0.5) is 11.8 Å². The molecule has 3 heterocycles. The van der Waals surface area contributed by atoms with Gasteiger partial charge in [0.1, 0.15) is 18.4 Å².